The fourth-order valence-electron chi connectivity index (χ4n) is 3.66. The van der Waals surface area contributed by atoms with E-state index in [9.17, 15) is 4.79 Å². The Bertz CT molecular complexity index is 940. The highest BCUT2D eigenvalue weighted by Crippen LogP contribution is 2.32. The molecule has 1 aromatic carbocycles. The molecule has 4 nitrogen and oxygen atoms in total. The summed E-state index contributed by atoms with van der Waals surface area (Å²) >= 11 is 6.03. The predicted octanol–water partition coefficient (Wildman–Crippen LogP) is 5.48. The Hall–Kier alpha value is -2.33. The molecule has 134 valence electrons. The average molecular weight is 368 g/mol. The summed E-state index contributed by atoms with van der Waals surface area (Å²) in [5.41, 5.74) is 3.68. The van der Waals surface area contributed by atoms with Gasteiger partial charge in [-0.25, -0.2) is 4.98 Å². The summed E-state index contributed by atoms with van der Waals surface area (Å²) in [4.78, 5) is 17.6. The molecule has 2 aromatic heterocycles. The normalized spacial score (nSPS) is 15.3. The molecule has 1 aliphatic rings. The number of fused-ring (bicyclic) bond motifs is 1. The van der Waals surface area contributed by atoms with Crippen molar-refractivity contribution in [1.29, 1.82) is 0 Å². The number of imidazole rings is 1. The van der Waals surface area contributed by atoms with Crippen LogP contribution in [0, 0.1) is 12.8 Å². The SMILES string of the molecule is Cc1ccn2c(NC(=O)C3CCCCC3)c(-c3ccc(Cl)cc3)nc2c1. The van der Waals surface area contributed by atoms with Gasteiger partial charge in [-0.1, -0.05) is 43.0 Å². The van der Waals surface area contributed by atoms with Crippen molar-refractivity contribution >= 4 is 29.0 Å². The van der Waals surface area contributed by atoms with Gasteiger partial charge < -0.3 is 5.32 Å². The van der Waals surface area contributed by atoms with Gasteiger partial charge in [0.25, 0.3) is 0 Å². The van der Waals surface area contributed by atoms with Crippen molar-refractivity contribution in [2.24, 2.45) is 5.92 Å². The number of carbonyl (C=O) groups excluding carboxylic acids is 1. The van der Waals surface area contributed by atoms with E-state index in [4.69, 9.17) is 16.6 Å². The van der Waals surface area contributed by atoms with Gasteiger partial charge in [0.2, 0.25) is 5.91 Å². The maximum Gasteiger partial charge on any atom is 0.228 e. The van der Waals surface area contributed by atoms with E-state index >= 15 is 0 Å². The second kappa shape index (κ2) is 7.12. The molecule has 0 unspecified atom stereocenters. The summed E-state index contributed by atoms with van der Waals surface area (Å²) < 4.78 is 1.96. The lowest BCUT2D eigenvalue weighted by Gasteiger charge is -2.21. The Morgan fingerprint density at radius 2 is 1.88 bits per heavy atom. The number of aromatic nitrogens is 2. The number of nitrogens with zero attached hydrogens (tertiary/aromatic N) is 2. The second-order valence-electron chi connectivity index (χ2n) is 7.07. The average Bonchev–Trinajstić information content (AvgIpc) is 3.00. The van der Waals surface area contributed by atoms with Gasteiger partial charge in [0.1, 0.15) is 17.2 Å². The van der Waals surface area contributed by atoms with Crippen LogP contribution in [0.4, 0.5) is 5.82 Å². The summed E-state index contributed by atoms with van der Waals surface area (Å²) in [7, 11) is 0. The Kier molecular flexibility index (Phi) is 4.68. The van der Waals surface area contributed by atoms with E-state index < -0.39 is 0 Å². The molecule has 1 fully saturated rings. The van der Waals surface area contributed by atoms with E-state index in [1.165, 1.54) is 6.42 Å². The first kappa shape index (κ1) is 17.1. The molecule has 1 N–H and O–H groups in total. The van der Waals surface area contributed by atoms with E-state index in [0.717, 1.165) is 54.0 Å². The fourth-order valence-corrected chi connectivity index (χ4v) is 3.78. The maximum absolute atomic E-state index is 12.8. The first-order chi connectivity index (χ1) is 12.6. The largest absolute Gasteiger partial charge is 0.310 e. The van der Waals surface area contributed by atoms with Crippen molar-refractivity contribution < 1.29 is 4.79 Å². The predicted molar refractivity (Wildman–Crippen MR) is 106 cm³/mol. The topological polar surface area (TPSA) is 46.4 Å². The quantitative estimate of drug-likeness (QED) is 0.666. The van der Waals surface area contributed by atoms with Crippen molar-refractivity contribution in [3.05, 3.63) is 53.2 Å². The minimum Gasteiger partial charge on any atom is -0.310 e. The second-order valence-corrected chi connectivity index (χ2v) is 7.51. The molecule has 0 saturated heterocycles. The molecular formula is C21H22ClN3O. The van der Waals surface area contributed by atoms with Gasteiger partial charge in [-0.2, -0.15) is 0 Å². The molecule has 4 rings (SSSR count). The lowest BCUT2D eigenvalue weighted by Crippen LogP contribution is -2.25. The Morgan fingerprint density at radius 3 is 2.62 bits per heavy atom. The molecule has 0 radical (unpaired) electrons. The lowest BCUT2D eigenvalue weighted by molar-refractivity contribution is -0.120. The van der Waals surface area contributed by atoms with Crippen molar-refractivity contribution in [3.8, 4) is 11.3 Å². The number of hydrogen-bond donors (Lipinski definition) is 1. The van der Waals surface area contributed by atoms with Crippen LogP contribution in [0.3, 0.4) is 0 Å². The highest BCUT2D eigenvalue weighted by Gasteiger charge is 2.24. The number of amides is 1. The molecule has 0 bridgehead atoms. The smallest absolute Gasteiger partial charge is 0.228 e. The molecule has 0 aliphatic heterocycles. The molecule has 3 aromatic rings. The molecule has 1 amide bonds. The zero-order valence-electron chi connectivity index (χ0n) is 14.8. The van der Waals surface area contributed by atoms with Gasteiger partial charge >= 0.3 is 0 Å². The molecule has 1 saturated carbocycles. The summed E-state index contributed by atoms with van der Waals surface area (Å²) in [6, 6.07) is 11.6. The van der Waals surface area contributed by atoms with Gasteiger partial charge in [0, 0.05) is 22.7 Å². The summed E-state index contributed by atoms with van der Waals surface area (Å²) in [6.07, 6.45) is 7.40. The monoisotopic (exact) mass is 367 g/mol. The fraction of sp³-hybridized carbons (Fsp3) is 0.333. The molecule has 2 heterocycles. The molecular weight excluding hydrogens is 346 g/mol. The summed E-state index contributed by atoms with van der Waals surface area (Å²) in [5.74, 6) is 0.929. The van der Waals surface area contributed by atoms with Crippen LogP contribution in [0.25, 0.3) is 16.9 Å². The number of benzene rings is 1. The number of hydrogen-bond acceptors (Lipinski definition) is 2. The zero-order chi connectivity index (χ0) is 18.1. The van der Waals surface area contributed by atoms with Gasteiger partial charge in [-0.15, -0.1) is 0 Å². The van der Waals surface area contributed by atoms with Crippen LogP contribution >= 0.6 is 11.6 Å². The van der Waals surface area contributed by atoms with E-state index in [2.05, 4.69) is 5.32 Å². The number of aryl methyl sites for hydroxylation is 1. The number of rotatable bonds is 3. The number of nitrogens with one attached hydrogen (secondary N) is 1. The van der Waals surface area contributed by atoms with Crippen LogP contribution in [0.15, 0.2) is 42.6 Å². The lowest BCUT2D eigenvalue weighted by atomic mass is 9.88. The first-order valence-corrected chi connectivity index (χ1v) is 9.55. The van der Waals surface area contributed by atoms with Crippen LogP contribution < -0.4 is 5.32 Å². The molecule has 0 spiro atoms. The minimum absolute atomic E-state index is 0.0952. The summed E-state index contributed by atoms with van der Waals surface area (Å²) in [6.45, 7) is 2.04. The number of anilines is 1. The van der Waals surface area contributed by atoms with Crippen LogP contribution in [0.1, 0.15) is 37.7 Å². The van der Waals surface area contributed by atoms with Crippen LogP contribution in [0.2, 0.25) is 5.02 Å². The van der Waals surface area contributed by atoms with Crippen molar-refractivity contribution in [2.45, 2.75) is 39.0 Å². The van der Waals surface area contributed by atoms with Crippen molar-refractivity contribution in [1.82, 2.24) is 9.38 Å². The van der Waals surface area contributed by atoms with E-state index in [1.807, 2.05) is 53.9 Å². The molecule has 5 heteroatoms. The van der Waals surface area contributed by atoms with Crippen LogP contribution in [-0.4, -0.2) is 15.3 Å². The third-order valence-corrected chi connectivity index (χ3v) is 5.37. The van der Waals surface area contributed by atoms with Crippen molar-refractivity contribution in [3.63, 3.8) is 0 Å². The van der Waals surface area contributed by atoms with Gasteiger partial charge in [-0.05, 0) is 49.6 Å². The maximum atomic E-state index is 12.8. The van der Waals surface area contributed by atoms with Gasteiger partial charge in [-0.3, -0.25) is 9.20 Å². The number of carbonyl (C=O) groups is 1. The summed E-state index contributed by atoms with van der Waals surface area (Å²) in [5, 5.41) is 3.85. The van der Waals surface area contributed by atoms with Crippen LogP contribution in [-0.2, 0) is 4.79 Å². The third kappa shape index (κ3) is 3.34. The standard InChI is InChI=1S/C21H22ClN3O/c1-14-11-12-25-18(13-14)23-19(15-7-9-17(22)10-8-15)20(25)24-21(26)16-5-3-2-4-6-16/h7-13,16H,2-6H2,1H3,(H,24,26). The van der Waals surface area contributed by atoms with Crippen molar-refractivity contribution in [2.75, 3.05) is 5.32 Å². The van der Waals surface area contributed by atoms with Gasteiger partial charge in [0.05, 0.1) is 0 Å². The van der Waals surface area contributed by atoms with E-state index in [0.29, 0.717) is 5.02 Å². The zero-order valence-corrected chi connectivity index (χ0v) is 15.6. The molecule has 1 aliphatic carbocycles. The minimum atomic E-state index is 0.0952. The van der Waals surface area contributed by atoms with Gasteiger partial charge in [0.15, 0.2) is 0 Å². The Morgan fingerprint density at radius 1 is 1.15 bits per heavy atom. The first-order valence-electron chi connectivity index (χ1n) is 9.17. The highest BCUT2D eigenvalue weighted by atomic mass is 35.5. The number of pyridine rings is 1. The Labute approximate surface area is 158 Å². The highest BCUT2D eigenvalue weighted by molar-refractivity contribution is 6.30. The third-order valence-electron chi connectivity index (χ3n) is 5.12. The molecule has 0 atom stereocenters. The molecule has 26 heavy (non-hydrogen) atoms. The van der Waals surface area contributed by atoms with E-state index in [-0.39, 0.29) is 11.8 Å². The van der Waals surface area contributed by atoms with Crippen LogP contribution in [0.5, 0.6) is 0 Å². The number of halogens is 1. The Balaban J connectivity index is 1.76. The van der Waals surface area contributed by atoms with E-state index in [1.54, 1.807) is 0 Å².